The van der Waals surface area contributed by atoms with Crippen LogP contribution in [-0.4, -0.2) is 25.7 Å². The number of aromatic nitrogens is 2. The molecule has 0 radical (unpaired) electrons. The van der Waals surface area contributed by atoms with Crippen LogP contribution in [0.5, 0.6) is 0 Å². The average molecular weight is 486 g/mol. The summed E-state index contributed by atoms with van der Waals surface area (Å²) in [5.41, 5.74) is -2.82. The zero-order valence-electron chi connectivity index (χ0n) is 18.8. The number of carboxylic acids is 1. The van der Waals surface area contributed by atoms with Gasteiger partial charge in [-0.2, -0.15) is 13.2 Å². The summed E-state index contributed by atoms with van der Waals surface area (Å²) in [6.45, 7) is 2.71. The number of hydrogen-bond donors (Lipinski definition) is 2. The van der Waals surface area contributed by atoms with E-state index in [-0.39, 0.29) is 5.69 Å². The van der Waals surface area contributed by atoms with Crippen LogP contribution in [0, 0.1) is 0 Å². The summed E-state index contributed by atoms with van der Waals surface area (Å²) in [5, 5.41) is 20.3. The Balaban J connectivity index is 1.99. The van der Waals surface area contributed by atoms with Crippen LogP contribution in [0.3, 0.4) is 0 Å². The molecule has 1 heterocycles. The Morgan fingerprint density at radius 3 is 2.26 bits per heavy atom. The first kappa shape index (κ1) is 24.4. The van der Waals surface area contributed by atoms with E-state index in [1.165, 1.54) is 32.1 Å². The van der Waals surface area contributed by atoms with E-state index < -0.39 is 52.5 Å². The van der Waals surface area contributed by atoms with Crippen LogP contribution in [0.15, 0.2) is 78.5 Å². The molecule has 1 aromatic heterocycles. The first-order valence-corrected chi connectivity index (χ1v) is 10.7. The van der Waals surface area contributed by atoms with Crippen molar-refractivity contribution in [2.24, 2.45) is 0 Å². The first-order valence-electron chi connectivity index (χ1n) is 10.7. The van der Waals surface area contributed by atoms with Gasteiger partial charge in [0.25, 0.3) is 0 Å². The maximum atomic E-state index is 17.0. The number of allylic oxidation sites excluding steroid dienone is 3. The fourth-order valence-corrected chi connectivity index (χ4v) is 4.08. The number of hydrogen-bond acceptors (Lipinski definition) is 3. The van der Waals surface area contributed by atoms with Gasteiger partial charge in [0.1, 0.15) is 11.4 Å². The van der Waals surface area contributed by atoms with Gasteiger partial charge in [-0.05, 0) is 37.1 Å². The van der Waals surface area contributed by atoms with Crippen molar-refractivity contribution in [2.45, 2.75) is 37.8 Å². The van der Waals surface area contributed by atoms with E-state index in [0.717, 1.165) is 29.0 Å². The Morgan fingerprint density at radius 1 is 1.03 bits per heavy atom. The minimum atomic E-state index is -4.78. The topological polar surface area (TPSA) is 75.4 Å². The Labute approximate surface area is 198 Å². The number of nitrogens with zero attached hydrogens (tertiary/aromatic N) is 2. The highest BCUT2D eigenvalue weighted by atomic mass is 19.4. The molecule has 3 aromatic rings. The van der Waals surface area contributed by atoms with Crippen LogP contribution in [0.4, 0.5) is 17.6 Å². The van der Waals surface area contributed by atoms with Gasteiger partial charge in [-0.15, -0.1) is 0 Å². The van der Waals surface area contributed by atoms with Crippen molar-refractivity contribution in [3.8, 4) is 11.4 Å². The highest BCUT2D eigenvalue weighted by molar-refractivity contribution is 5.91. The van der Waals surface area contributed by atoms with Gasteiger partial charge in [-0.25, -0.2) is 14.2 Å². The minimum Gasteiger partial charge on any atom is -0.478 e. The number of alkyl halides is 4. The Kier molecular flexibility index (Phi) is 5.92. The maximum absolute atomic E-state index is 17.0. The molecule has 5 nitrogen and oxygen atoms in total. The summed E-state index contributed by atoms with van der Waals surface area (Å²) in [6, 6.07) is 13.2. The van der Waals surface area contributed by atoms with Crippen LogP contribution in [0.1, 0.15) is 37.1 Å². The van der Waals surface area contributed by atoms with Gasteiger partial charge in [0.15, 0.2) is 0 Å². The SMILES string of the molecule is CC(C)(O)c1cn(C2(F)CC(c3ccccc3)=CC=C2C(=O)O)c(-c2ccccc2C(F)(F)F)n1. The molecule has 9 heteroatoms. The minimum absolute atomic E-state index is 0.109. The molecule has 0 aliphatic heterocycles. The van der Waals surface area contributed by atoms with Crippen molar-refractivity contribution in [2.75, 3.05) is 0 Å². The van der Waals surface area contributed by atoms with E-state index >= 15 is 4.39 Å². The van der Waals surface area contributed by atoms with Crippen molar-refractivity contribution >= 4 is 11.5 Å². The van der Waals surface area contributed by atoms with Crippen LogP contribution >= 0.6 is 0 Å². The zero-order chi connectivity index (χ0) is 25.6. The molecule has 182 valence electrons. The van der Waals surface area contributed by atoms with E-state index in [1.54, 1.807) is 30.3 Å². The van der Waals surface area contributed by atoms with Gasteiger partial charge < -0.3 is 10.2 Å². The van der Waals surface area contributed by atoms with Crippen molar-refractivity contribution in [3.05, 3.63) is 95.3 Å². The van der Waals surface area contributed by atoms with E-state index in [9.17, 15) is 28.2 Å². The summed E-state index contributed by atoms with van der Waals surface area (Å²) >= 11 is 0. The number of aliphatic carboxylic acids is 1. The van der Waals surface area contributed by atoms with Gasteiger partial charge in [0.2, 0.25) is 5.79 Å². The second kappa shape index (κ2) is 8.49. The second-order valence-electron chi connectivity index (χ2n) is 8.80. The second-order valence-corrected chi connectivity index (χ2v) is 8.80. The fourth-order valence-electron chi connectivity index (χ4n) is 4.08. The smallest absolute Gasteiger partial charge is 0.417 e. The first-order chi connectivity index (χ1) is 16.3. The number of carboxylic acid groups (broad SMARTS) is 1. The molecule has 1 atom stereocenters. The molecule has 1 aliphatic carbocycles. The number of imidazole rings is 1. The van der Waals surface area contributed by atoms with Crippen LogP contribution in [0.25, 0.3) is 17.0 Å². The number of benzene rings is 2. The van der Waals surface area contributed by atoms with Crippen LogP contribution in [0.2, 0.25) is 0 Å². The molecule has 2 N–H and O–H groups in total. The molecule has 35 heavy (non-hydrogen) atoms. The molecule has 1 aliphatic rings. The third kappa shape index (κ3) is 4.51. The van der Waals surface area contributed by atoms with Gasteiger partial charge in [0.05, 0.1) is 16.8 Å². The van der Waals surface area contributed by atoms with Crippen molar-refractivity contribution in [1.29, 1.82) is 0 Å². The molecule has 0 amide bonds. The van der Waals surface area contributed by atoms with Crippen molar-refractivity contribution < 1.29 is 32.6 Å². The van der Waals surface area contributed by atoms with E-state index in [1.807, 2.05) is 0 Å². The molecule has 0 saturated carbocycles. The molecular formula is C26H22F4N2O3. The molecular weight excluding hydrogens is 464 g/mol. The van der Waals surface area contributed by atoms with Gasteiger partial charge in [0, 0.05) is 18.2 Å². The van der Waals surface area contributed by atoms with Gasteiger partial charge in [-0.3, -0.25) is 4.57 Å². The lowest BCUT2D eigenvalue weighted by molar-refractivity contribution is -0.137. The Hall–Kier alpha value is -3.72. The van der Waals surface area contributed by atoms with Gasteiger partial charge >= 0.3 is 12.1 Å². The summed E-state index contributed by atoms with van der Waals surface area (Å²) in [4.78, 5) is 16.2. The molecule has 0 fully saturated rings. The Bertz CT molecular complexity index is 1330. The molecule has 2 aromatic carbocycles. The molecule has 0 spiro atoms. The van der Waals surface area contributed by atoms with E-state index in [2.05, 4.69) is 4.98 Å². The monoisotopic (exact) mass is 486 g/mol. The summed E-state index contributed by atoms with van der Waals surface area (Å²) in [6.07, 6.45) is -1.59. The summed E-state index contributed by atoms with van der Waals surface area (Å²) in [7, 11) is 0. The van der Waals surface area contributed by atoms with E-state index in [0.29, 0.717) is 11.1 Å². The third-order valence-corrected chi connectivity index (χ3v) is 5.85. The summed E-state index contributed by atoms with van der Waals surface area (Å²) < 4.78 is 59.3. The normalized spacial score (nSPS) is 18.7. The molecule has 0 bridgehead atoms. The molecule has 4 rings (SSSR count). The quantitative estimate of drug-likeness (QED) is 0.439. The largest absolute Gasteiger partial charge is 0.478 e. The third-order valence-electron chi connectivity index (χ3n) is 5.85. The average Bonchev–Trinajstić information content (AvgIpc) is 3.26. The lowest BCUT2D eigenvalue weighted by Crippen LogP contribution is -2.36. The predicted molar refractivity (Wildman–Crippen MR) is 122 cm³/mol. The predicted octanol–water partition coefficient (Wildman–Crippen LogP) is 5.92. The van der Waals surface area contributed by atoms with Crippen LogP contribution in [-0.2, 0) is 22.4 Å². The zero-order valence-corrected chi connectivity index (χ0v) is 18.8. The fraction of sp³-hybridized carbons (Fsp3) is 0.231. The lowest BCUT2D eigenvalue weighted by atomic mass is 9.86. The lowest BCUT2D eigenvalue weighted by Gasteiger charge is -2.33. The molecule has 0 saturated heterocycles. The summed E-state index contributed by atoms with van der Waals surface area (Å²) in [5.74, 6) is -4.81. The number of carbonyl (C=O) groups is 1. The Morgan fingerprint density at radius 2 is 1.66 bits per heavy atom. The van der Waals surface area contributed by atoms with E-state index in [4.69, 9.17) is 0 Å². The number of halogens is 4. The van der Waals surface area contributed by atoms with Crippen molar-refractivity contribution in [1.82, 2.24) is 9.55 Å². The van der Waals surface area contributed by atoms with Crippen LogP contribution < -0.4 is 0 Å². The standard InChI is InChI=1S/C26H22F4N2O3/c1-24(2,35)21-15-32(22(31-21)18-10-6-7-11-19(18)26(28,29)30)25(27)14-17(12-13-20(25)23(33)34)16-8-4-3-5-9-16/h3-13,15,35H,14H2,1-2H3,(H,33,34). The highest BCUT2D eigenvalue weighted by Gasteiger charge is 2.46. The maximum Gasteiger partial charge on any atom is 0.417 e. The highest BCUT2D eigenvalue weighted by Crippen LogP contribution is 2.46. The van der Waals surface area contributed by atoms with Crippen molar-refractivity contribution in [3.63, 3.8) is 0 Å². The molecule has 1 unspecified atom stereocenters. The number of aliphatic hydroxyl groups is 1. The van der Waals surface area contributed by atoms with Gasteiger partial charge in [-0.1, -0.05) is 54.6 Å². The number of rotatable bonds is 5.